The number of hydrogen-bond acceptors (Lipinski definition) is 3. The van der Waals surface area contributed by atoms with E-state index in [2.05, 4.69) is 39.9 Å². The molecule has 2 aromatic carbocycles. The van der Waals surface area contributed by atoms with Crippen molar-refractivity contribution in [3.05, 3.63) is 65.7 Å². The number of methoxy groups -OCH3 is 1. The summed E-state index contributed by atoms with van der Waals surface area (Å²) in [6.45, 7) is 3.01. The summed E-state index contributed by atoms with van der Waals surface area (Å²) in [5, 5.41) is 6.64. The van der Waals surface area contributed by atoms with Gasteiger partial charge < -0.3 is 20.1 Å². The van der Waals surface area contributed by atoms with E-state index < -0.39 is 0 Å². The van der Waals surface area contributed by atoms with E-state index in [0.717, 1.165) is 43.2 Å². The predicted molar refractivity (Wildman–Crippen MR) is 122 cm³/mol. The summed E-state index contributed by atoms with van der Waals surface area (Å²) >= 11 is 0. The van der Waals surface area contributed by atoms with Crippen molar-refractivity contribution >= 4 is 29.9 Å². The molecule has 0 fully saturated rings. The van der Waals surface area contributed by atoms with Crippen molar-refractivity contribution in [1.82, 2.24) is 10.6 Å². The summed E-state index contributed by atoms with van der Waals surface area (Å²) in [4.78, 5) is 4.24. The largest absolute Gasteiger partial charge is 0.497 e. The Kier molecular flexibility index (Phi) is 12.3. The van der Waals surface area contributed by atoms with E-state index in [1.54, 1.807) is 14.2 Å². The fourth-order valence-electron chi connectivity index (χ4n) is 2.48. The molecule has 148 valence electrons. The Labute approximate surface area is 179 Å². The number of rotatable bonds is 10. The van der Waals surface area contributed by atoms with Gasteiger partial charge in [-0.2, -0.15) is 0 Å². The molecule has 0 atom stereocenters. The van der Waals surface area contributed by atoms with Gasteiger partial charge in [-0.05, 0) is 36.1 Å². The zero-order valence-electron chi connectivity index (χ0n) is 16.1. The van der Waals surface area contributed by atoms with E-state index in [9.17, 15) is 0 Å². The smallest absolute Gasteiger partial charge is 0.190 e. The third kappa shape index (κ3) is 9.63. The first-order valence-electron chi connectivity index (χ1n) is 9.01. The van der Waals surface area contributed by atoms with Crippen LogP contribution in [0.1, 0.15) is 17.5 Å². The van der Waals surface area contributed by atoms with Crippen molar-refractivity contribution in [3.63, 3.8) is 0 Å². The lowest BCUT2D eigenvalue weighted by Gasteiger charge is -2.12. The first-order valence-corrected chi connectivity index (χ1v) is 9.01. The van der Waals surface area contributed by atoms with Gasteiger partial charge in [0.05, 0.1) is 13.7 Å². The SMILES string of the molecule is CN=C(NCCCOCc1ccc(OC)cc1)NCCc1ccccc1.I. The van der Waals surface area contributed by atoms with Gasteiger partial charge >= 0.3 is 0 Å². The van der Waals surface area contributed by atoms with Gasteiger partial charge in [0.25, 0.3) is 0 Å². The zero-order valence-corrected chi connectivity index (χ0v) is 18.4. The van der Waals surface area contributed by atoms with Gasteiger partial charge in [-0.1, -0.05) is 42.5 Å². The first kappa shape index (κ1) is 23.2. The van der Waals surface area contributed by atoms with Gasteiger partial charge in [-0.15, -0.1) is 24.0 Å². The molecule has 0 radical (unpaired) electrons. The molecule has 0 heterocycles. The van der Waals surface area contributed by atoms with Crippen LogP contribution in [0.5, 0.6) is 5.75 Å². The van der Waals surface area contributed by atoms with Gasteiger partial charge in [-0.3, -0.25) is 4.99 Å². The molecule has 5 nitrogen and oxygen atoms in total. The molecule has 0 bridgehead atoms. The van der Waals surface area contributed by atoms with Gasteiger partial charge in [0.15, 0.2) is 5.96 Å². The van der Waals surface area contributed by atoms with E-state index in [-0.39, 0.29) is 24.0 Å². The highest BCUT2D eigenvalue weighted by molar-refractivity contribution is 14.0. The van der Waals surface area contributed by atoms with Crippen LogP contribution in [-0.2, 0) is 17.8 Å². The Bertz CT molecular complexity index is 648. The molecule has 0 aliphatic heterocycles. The van der Waals surface area contributed by atoms with E-state index in [1.165, 1.54) is 5.56 Å². The van der Waals surface area contributed by atoms with Crippen molar-refractivity contribution in [2.45, 2.75) is 19.4 Å². The Morgan fingerprint density at radius 2 is 1.63 bits per heavy atom. The summed E-state index contributed by atoms with van der Waals surface area (Å²) in [5.41, 5.74) is 2.47. The Balaban J connectivity index is 0.00000364. The number of hydrogen-bond donors (Lipinski definition) is 2. The van der Waals surface area contributed by atoms with Crippen LogP contribution in [0, 0.1) is 0 Å². The number of ether oxygens (including phenoxy) is 2. The fourth-order valence-corrected chi connectivity index (χ4v) is 2.48. The Morgan fingerprint density at radius 3 is 2.30 bits per heavy atom. The summed E-state index contributed by atoms with van der Waals surface area (Å²) in [7, 11) is 3.46. The van der Waals surface area contributed by atoms with E-state index in [0.29, 0.717) is 13.2 Å². The van der Waals surface area contributed by atoms with Crippen LogP contribution < -0.4 is 15.4 Å². The van der Waals surface area contributed by atoms with Gasteiger partial charge in [0, 0.05) is 26.7 Å². The van der Waals surface area contributed by atoms with E-state index in [1.807, 2.05) is 30.3 Å². The maximum atomic E-state index is 5.71. The monoisotopic (exact) mass is 483 g/mol. The Morgan fingerprint density at radius 1 is 0.926 bits per heavy atom. The highest BCUT2D eigenvalue weighted by Gasteiger charge is 1.98. The lowest BCUT2D eigenvalue weighted by Crippen LogP contribution is -2.39. The van der Waals surface area contributed by atoms with Gasteiger partial charge in [0.1, 0.15) is 5.75 Å². The minimum absolute atomic E-state index is 0. The second kappa shape index (κ2) is 14.3. The van der Waals surface area contributed by atoms with Gasteiger partial charge in [0.2, 0.25) is 0 Å². The molecule has 2 rings (SSSR count). The molecule has 6 heteroatoms. The minimum Gasteiger partial charge on any atom is -0.497 e. The maximum Gasteiger partial charge on any atom is 0.190 e. The fraction of sp³-hybridized carbons (Fsp3) is 0.381. The second-order valence-electron chi connectivity index (χ2n) is 5.92. The van der Waals surface area contributed by atoms with Gasteiger partial charge in [-0.25, -0.2) is 0 Å². The number of aliphatic imine (C=N–C) groups is 1. The van der Waals surface area contributed by atoms with Crippen LogP contribution in [0.25, 0.3) is 0 Å². The standard InChI is InChI=1S/C21H29N3O2.HI/c1-22-21(24-15-13-18-7-4-3-5-8-18)23-14-6-16-26-17-19-9-11-20(25-2)12-10-19;/h3-5,7-12H,6,13-17H2,1-2H3,(H2,22,23,24);1H. The number of nitrogens with zero attached hydrogens (tertiary/aromatic N) is 1. The molecule has 0 aliphatic rings. The van der Waals surface area contributed by atoms with Crippen LogP contribution >= 0.6 is 24.0 Å². The van der Waals surface area contributed by atoms with Crippen molar-refractivity contribution in [2.24, 2.45) is 4.99 Å². The molecule has 0 aromatic heterocycles. The molecule has 0 unspecified atom stereocenters. The number of halogens is 1. The van der Waals surface area contributed by atoms with Crippen LogP contribution in [0.2, 0.25) is 0 Å². The molecule has 0 spiro atoms. The van der Waals surface area contributed by atoms with Crippen LogP contribution in [0.3, 0.4) is 0 Å². The predicted octanol–water partition coefficient (Wildman–Crippen LogP) is 3.63. The highest BCUT2D eigenvalue weighted by Crippen LogP contribution is 2.11. The number of benzene rings is 2. The molecular weight excluding hydrogens is 453 g/mol. The summed E-state index contributed by atoms with van der Waals surface area (Å²) < 4.78 is 10.9. The third-order valence-corrected chi connectivity index (χ3v) is 3.96. The molecule has 0 aliphatic carbocycles. The summed E-state index contributed by atoms with van der Waals surface area (Å²) in [6.07, 6.45) is 1.90. The number of nitrogens with one attached hydrogen (secondary N) is 2. The maximum absolute atomic E-state index is 5.71. The molecule has 2 N–H and O–H groups in total. The number of guanidine groups is 1. The van der Waals surface area contributed by atoms with Crippen LogP contribution in [0.4, 0.5) is 0 Å². The van der Waals surface area contributed by atoms with Crippen molar-refractivity contribution in [3.8, 4) is 5.75 Å². The van der Waals surface area contributed by atoms with Crippen molar-refractivity contribution in [2.75, 3.05) is 33.9 Å². The lowest BCUT2D eigenvalue weighted by molar-refractivity contribution is 0.119. The average Bonchev–Trinajstić information content (AvgIpc) is 2.70. The molecule has 0 saturated heterocycles. The molecule has 0 saturated carbocycles. The molecule has 27 heavy (non-hydrogen) atoms. The molecule has 0 amide bonds. The summed E-state index contributed by atoms with van der Waals surface area (Å²) in [5.74, 6) is 1.69. The first-order chi connectivity index (χ1) is 12.8. The highest BCUT2D eigenvalue weighted by atomic mass is 127. The minimum atomic E-state index is 0. The van der Waals surface area contributed by atoms with Crippen molar-refractivity contribution in [1.29, 1.82) is 0 Å². The average molecular weight is 483 g/mol. The zero-order chi connectivity index (χ0) is 18.5. The normalized spacial score (nSPS) is 10.8. The van der Waals surface area contributed by atoms with E-state index >= 15 is 0 Å². The molecular formula is C21H30IN3O2. The van der Waals surface area contributed by atoms with Crippen LogP contribution in [0.15, 0.2) is 59.6 Å². The molecule has 2 aromatic rings. The second-order valence-corrected chi connectivity index (χ2v) is 5.92. The van der Waals surface area contributed by atoms with Crippen LogP contribution in [-0.4, -0.2) is 39.8 Å². The Hall–Kier alpha value is -1.80. The van der Waals surface area contributed by atoms with E-state index in [4.69, 9.17) is 9.47 Å². The van der Waals surface area contributed by atoms with Crippen molar-refractivity contribution < 1.29 is 9.47 Å². The topological polar surface area (TPSA) is 54.9 Å². The third-order valence-electron chi connectivity index (χ3n) is 3.96. The summed E-state index contributed by atoms with van der Waals surface area (Å²) in [6, 6.07) is 18.4. The lowest BCUT2D eigenvalue weighted by atomic mass is 10.1. The quantitative estimate of drug-likeness (QED) is 0.235.